The van der Waals surface area contributed by atoms with Crippen LogP contribution in [0.5, 0.6) is 5.75 Å². The monoisotopic (exact) mass is 576 g/mol. The maximum Gasteiger partial charge on any atom is 0.327 e. The number of phenols is 1. The molecule has 0 aliphatic carbocycles. The number of benzene rings is 2. The van der Waals surface area contributed by atoms with Gasteiger partial charge in [0.15, 0.2) is 0 Å². The molecule has 41 heavy (non-hydrogen) atoms. The first-order chi connectivity index (χ1) is 19.5. The Bertz CT molecular complexity index is 1690. The smallest absolute Gasteiger partial charge is 0.327 e. The first-order valence-electron chi connectivity index (χ1n) is 13.3. The predicted molar refractivity (Wildman–Crippen MR) is 151 cm³/mol. The highest BCUT2D eigenvalue weighted by atomic mass is 32.2. The zero-order valence-electron chi connectivity index (χ0n) is 22.3. The number of carbonyl (C=O) groups excluding carboxylic acids is 3. The van der Waals surface area contributed by atoms with Gasteiger partial charge in [-0.1, -0.05) is 36.4 Å². The summed E-state index contributed by atoms with van der Waals surface area (Å²) in [6, 6.07) is 8.39. The van der Waals surface area contributed by atoms with Crippen molar-refractivity contribution in [3.8, 4) is 5.75 Å². The zero-order valence-corrected chi connectivity index (χ0v) is 23.1. The molecule has 2 aromatic carbocycles. The van der Waals surface area contributed by atoms with Crippen LogP contribution in [0.1, 0.15) is 47.8 Å². The summed E-state index contributed by atoms with van der Waals surface area (Å²) in [4.78, 5) is 66.7. The molecule has 3 aliphatic rings. The van der Waals surface area contributed by atoms with E-state index in [2.05, 4.69) is 10.6 Å². The summed E-state index contributed by atoms with van der Waals surface area (Å²) >= 11 is 1.30. The van der Waals surface area contributed by atoms with Crippen molar-refractivity contribution in [3.05, 3.63) is 75.6 Å². The normalized spacial score (nSPS) is 22.9. The van der Waals surface area contributed by atoms with Crippen molar-refractivity contribution in [1.82, 2.24) is 20.1 Å². The van der Waals surface area contributed by atoms with Crippen molar-refractivity contribution in [3.63, 3.8) is 0 Å². The SMILES string of the molecule is CC1(C)SC2C(NC(=O)C(NC(=O)c3cn4c5c(ccc(O)c5c3=O)CCC4)c3ccccc3)C(=O)N2C1C(=O)O. The Labute approximate surface area is 238 Å². The summed E-state index contributed by atoms with van der Waals surface area (Å²) in [5, 5.41) is 25.0. The number of aromatic hydroxyl groups is 1. The number of β-lactam (4-membered cyclic amide) rings is 1. The van der Waals surface area contributed by atoms with Gasteiger partial charge in [-0.05, 0) is 43.9 Å². The predicted octanol–water partition coefficient (Wildman–Crippen LogP) is 1.76. The number of phenolic OH excluding ortho intramolecular Hbond substituents is 1. The van der Waals surface area contributed by atoms with Crippen LogP contribution in [0.4, 0.5) is 0 Å². The minimum atomic E-state index is -1.25. The summed E-state index contributed by atoms with van der Waals surface area (Å²) in [5.74, 6) is -3.32. The molecule has 0 spiro atoms. The standard InChI is InChI=1S/C29H28N4O7S/c1-29(2)23(28(39)40)33-26(38)20(27(33)41-29)31-25(37)19(14-7-4-3-5-8-14)30-24(36)16-13-32-12-6-9-15-10-11-17(34)18(21(15)32)22(16)35/h3-5,7-8,10-11,13,19-20,23,27,34H,6,9,12H2,1-2H3,(H,30,36)(H,31,37)(H,39,40). The van der Waals surface area contributed by atoms with E-state index in [1.165, 1.54) is 28.9 Å². The highest BCUT2D eigenvalue weighted by molar-refractivity contribution is 8.01. The van der Waals surface area contributed by atoms with E-state index >= 15 is 0 Å². The van der Waals surface area contributed by atoms with Gasteiger partial charge in [0, 0.05) is 17.5 Å². The number of aromatic nitrogens is 1. The van der Waals surface area contributed by atoms with Crippen LogP contribution in [0.15, 0.2) is 53.5 Å². The number of carboxylic acid groups (broad SMARTS) is 1. The molecule has 212 valence electrons. The first kappa shape index (κ1) is 26.9. The van der Waals surface area contributed by atoms with Crippen molar-refractivity contribution in [2.45, 2.75) is 61.5 Å². The van der Waals surface area contributed by atoms with Gasteiger partial charge in [-0.3, -0.25) is 19.2 Å². The summed E-state index contributed by atoms with van der Waals surface area (Å²) < 4.78 is 1.02. The van der Waals surface area contributed by atoms with E-state index in [9.17, 15) is 34.2 Å². The third-order valence-corrected chi connectivity index (χ3v) is 9.59. The molecule has 12 heteroatoms. The molecule has 1 aromatic heterocycles. The topological polar surface area (TPSA) is 158 Å². The van der Waals surface area contributed by atoms with E-state index in [4.69, 9.17) is 0 Å². The van der Waals surface area contributed by atoms with Crippen LogP contribution in [0, 0.1) is 0 Å². The summed E-state index contributed by atoms with van der Waals surface area (Å²) in [6.45, 7) is 4.04. The molecule has 3 aliphatic heterocycles. The number of fused-ring (bicyclic) bond motifs is 1. The maximum atomic E-state index is 13.6. The Morgan fingerprint density at radius 1 is 1.10 bits per heavy atom. The summed E-state index contributed by atoms with van der Waals surface area (Å²) in [5.41, 5.74) is 1.07. The second-order valence-corrected chi connectivity index (χ2v) is 12.8. The lowest BCUT2D eigenvalue weighted by Crippen LogP contribution is -2.71. The number of amides is 3. The molecule has 2 saturated heterocycles. The fraction of sp³-hybridized carbons (Fsp3) is 0.345. The van der Waals surface area contributed by atoms with Crippen LogP contribution in [0.25, 0.3) is 10.9 Å². The Balaban J connectivity index is 1.30. The van der Waals surface area contributed by atoms with Gasteiger partial charge in [0.25, 0.3) is 5.91 Å². The number of carboxylic acids is 1. The van der Waals surface area contributed by atoms with E-state index in [0.29, 0.717) is 17.6 Å². The third kappa shape index (κ3) is 4.24. The van der Waals surface area contributed by atoms with Crippen molar-refractivity contribution in [1.29, 1.82) is 0 Å². The molecular weight excluding hydrogens is 548 g/mol. The van der Waals surface area contributed by atoms with Crippen LogP contribution in [-0.2, 0) is 27.3 Å². The lowest BCUT2D eigenvalue weighted by atomic mass is 9.95. The molecule has 4 unspecified atom stereocenters. The highest BCUT2D eigenvalue weighted by Gasteiger charge is 2.64. The lowest BCUT2D eigenvalue weighted by Gasteiger charge is -2.44. The van der Waals surface area contributed by atoms with E-state index in [1.54, 1.807) is 54.8 Å². The van der Waals surface area contributed by atoms with Crippen molar-refractivity contribution >= 4 is 46.4 Å². The van der Waals surface area contributed by atoms with Crippen LogP contribution in [0.3, 0.4) is 0 Å². The third-order valence-electron chi connectivity index (χ3n) is 8.02. The van der Waals surface area contributed by atoms with Gasteiger partial charge in [0.05, 0.1) is 10.9 Å². The fourth-order valence-corrected chi connectivity index (χ4v) is 7.73. The summed E-state index contributed by atoms with van der Waals surface area (Å²) in [6.07, 6.45) is 3.01. The van der Waals surface area contributed by atoms with Gasteiger partial charge in [-0.2, -0.15) is 0 Å². The number of aryl methyl sites for hydroxylation is 2. The molecule has 3 aromatic rings. The molecule has 2 fully saturated rings. The van der Waals surface area contributed by atoms with Crippen LogP contribution in [0.2, 0.25) is 0 Å². The number of pyridine rings is 1. The molecule has 4 atom stereocenters. The van der Waals surface area contributed by atoms with E-state index in [-0.39, 0.29) is 16.7 Å². The highest BCUT2D eigenvalue weighted by Crippen LogP contribution is 2.50. The lowest BCUT2D eigenvalue weighted by molar-refractivity contribution is -0.161. The van der Waals surface area contributed by atoms with Gasteiger partial charge in [0.1, 0.15) is 34.8 Å². The van der Waals surface area contributed by atoms with E-state index < -0.39 is 57.4 Å². The average molecular weight is 577 g/mol. The molecular formula is C29H28N4O7S. The number of nitrogens with one attached hydrogen (secondary N) is 2. The van der Waals surface area contributed by atoms with Gasteiger partial charge < -0.3 is 30.3 Å². The number of nitrogens with zero attached hydrogens (tertiary/aromatic N) is 2. The molecule has 11 nitrogen and oxygen atoms in total. The first-order valence-corrected chi connectivity index (χ1v) is 14.1. The molecule has 4 N–H and O–H groups in total. The Hall–Kier alpha value is -4.32. The Morgan fingerprint density at radius 2 is 1.83 bits per heavy atom. The van der Waals surface area contributed by atoms with Gasteiger partial charge in [0.2, 0.25) is 17.2 Å². The second-order valence-electron chi connectivity index (χ2n) is 11.0. The van der Waals surface area contributed by atoms with E-state index in [0.717, 1.165) is 18.4 Å². The Morgan fingerprint density at radius 3 is 2.54 bits per heavy atom. The fourth-order valence-electron chi connectivity index (χ4n) is 6.11. The quantitative estimate of drug-likeness (QED) is 0.323. The average Bonchev–Trinajstić information content (AvgIpc) is 3.20. The van der Waals surface area contributed by atoms with Gasteiger partial charge >= 0.3 is 5.97 Å². The number of aliphatic carboxylic acids is 1. The number of carbonyl (C=O) groups is 4. The molecule has 4 heterocycles. The maximum absolute atomic E-state index is 13.6. The Kier molecular flexibility index (Phi) is 6.33. The largest absolute Gasteiger partial charge is 0.507 e. The van der Waals surface area contributed by atoms with E-state index in [1.807, 2.05) is 0 Å². The second kappa shape index (κ2) is 9.65. The molecule has 6 rings (SSSR count). The van der Waals surface area contributed by atoms with Crippen molar-refractivity contribution < 1.29 is 29.4 Å². The molecule has 0 saturated carbocycles. The van der Waals surface area contributed by atoms with Gasteiger partial charge in [-0.25, -0.2) is 4.79 Å². The molecule has 3 amide bonds. The number of rotatable bonds is 6. The molecule has 0 radical (unpaired) electrons. The van der Waals surface area contributed by atoms with Crippen LogP contribution < -0.4 is 16.1 Å². The minimum absolute atomic E-state index is 0.0598. The van der Waals surface area contributed by atoms with Crippen molar-refractivity contribution in [2.75, 3.05) is 0 Å². The number of hydrogen-bond acceptors (Lipinski definition) is 7. The van der Waals surface area contributed by atoms with Crippen molar-refractivity contribution in [2.24, 2.45) is 0 Å². The number of thioether (sulfide) groups is 1. The molecule has 0 bridgehead atoms. The van der Waals surface area contributed by atoms with Crippen LogP contribution >= 0.6 is 11.8 Å². The minimum Gasteiger partial charge on any atom is -0.507 e. The summed E-state index contributed by atoms with van der Waals surface area (Å²) in [7, 11) is 0. The zero-order chi connectivity index (χ0) is 29.2. The van der Waals surface area contributed by atoms with Gasteiger partial charge in [-0.15, -0.1) is 11.8 Å². The number of hydrogen-bond donors (Lipinski definition) is 4. The van der Waals surface area contributed by atoms with Crippen LogP contribution in [-0.4, -0.2) is 65.6 Å².